The van der Waals surface area contributed by atoms with E-state index in [1.165, 1.54) is 0 Å². The Morgan fingerprint density at radius 1 is 1.37 bits per heavy atom. The van der Waals surface area contributed by atoms with Crippen molar-refractivity contribution in [2.24, 2.45) is 0 Å². The first-order valence-corrected chi connectivity index (χ1v) is 5.35. The summed E-state index contributed by atoms with van der Waals surface area (Å²) in [6.45, 7) is 1.75. The first kappa shape index (κ1) is 15.0. The van der Waals surface area contributed by atoms with Gasteiger partial charge in [0, 0.05) is 5.56 Å². The maximum absolute atomic E-state index is 12.1. The lowest BCUT2D eigenvalue weighted by molar-refractivity contribution is -0.274. The van der Waals surface area contributed by atoms with Crippen molar-refractivity contribution in [1.29, 1.82) is 0 Å². The molecular weight excluding hydrogens is 265 g/mol. The molecule has 1 aromatic carbocycles. The zero-order valence-electron chi connectivity index (χ0n) is 9.99. The maximum Gasteiger partial charge on any atom is 0.573 e. The Labute approximate surface area is 107 Å². The monoisotopic (exact) mass is 276 g/mol. The molecule has 0 atom stereocenters. The fourth-order valence-electron chi connectivity index (χ4n) is 1.41. The first-order valence-electron chi connectivity index (χ1n) is 5.35. The van der Waals surface area contributed by atoms with Gasteiger partial charge in [-0.05, 0) is 30.7 Å². The molecule has 0 aromatic heterocycles. The van der Waals surface area contributed by atoms with Crippen LogP contribution in [0.1, 0.15) is 22.8 Å². The first-order chi connectivity index (χ1) is 8.85. The molecule has 104 valence electrons. The molecule has 0 aliphatic rings. The second-order valence-electron chi connectivity index (χ2n) is 3.51. The molecule has 0 heterocycles. The van der Waals surface area contributed by atoms with Gasteiger partial charge in [-0.25, -0.2) is 0 Å². The van der Waals surface area contributed by atoms with Crippen molar-refractivity contribution in [3.05, 3.63) is 29.3 Å². The number of ether oxygens (including phenoxy) is 2. The predicted octanol–water partition coefficient (Wildman–Crippen LogP) is 2.50. The summed E-state index contributed by atoms with van der Waals surface area (Å²) in [5.74, 6) is -1.12. The summed E-state index contributed by atoms with van der Waals surface area (Å²) in [6, 6.07) is 3.16. The van der Waals surface area contributed by atoms with Crippen LogP contribution in [-0.2, 0) is 16.0 Å². The van der Waals surface area contributed by atoms with E-state index in [0.717, 1.165) is 18.2 Å². The molecule has 0 saturated carbocycles. The van der Waals surface area contributed by atoms with E-state index in [2.05, 4.69) is 9.47 Å². The number of carbonyl (C=O) groups is 2. The smallest absolute Gasteiger partial charge is 0.466 e. The summed E-state index contributed by atoms with van der Waals surface area (Å²) in [5.41, 5.74) is 0.234. The van der Waals surface area contributed by atoms with Gasteiger partial charge >= 0.3 is 12.3 Å². The summed E-state index contributed by atoms with van der Waals surface area (Å²) in [5, 5.41) is 0. The van der Waals surface area contributed by atoms with Crippen LogP contribution in [0.5, 0.6) is 5.75 Å². The fourth-order valence-corrected chi connectivity index (χ4v) is 1.41. The molecular formula is C12H11F3O4. The second kappa shape index (κ2) is 6.21. The minimum Gasteiger partial charge on any atom is -0.466 e. The fraction of sp³-hybridized carbons (Fsp3) is 0.333. The van der Waals surface area contributed by atoms with Crippen molar-refractivity contribution in [2.75, 3.05) is 6.61 Å². The molecule has 0 fully saturated rings. The van der Waals surface area contributed by atoms with Gasteiger partial charge in [-0.15, -0.1) is 13.2 Å². The minimum absolute atomic E-state index is 0.113. The zero-order valence-corrected chi connectivity index (χ0v) is 9.99. The molecule has 0 amide bonds. The number of halogens is 3. The Hall–Kier alpha value is -2.05. The molecule has 0 spiro atoms. The number of aldehydes is 1. The van der Waals surface area contributed by atoms with Crippen molar-refractivity contribution in [3.8, 4) is 5.75 Å². The highest BCUT2D eigenvalue weighted by Crippen LogP contribution is 2.25. The number of alkyl halides is 3. The minimum atomic E-state index is -4.83. The summed E-state index contributed by atoms with van der Waals surface area (Å²) >= 11 is 0. The van der Waals surface area contributed by atoms with Crippen LogP contribution in [0.4, 0.5) is 13.2 Å². The van der Waals surface area contributed by atoms with Crippen molar-refractivity contribution < 1.29 is 32.2 Å². The van der Waals surface area contributed by atoms with E-state index in [4.69, 9.17) is 0 Å². The van der Waals surface area contributed by atoms with E-state index >= 15 is 0 Å². The van der Waals surface area contributed by atoms with Crippen molar-refractivity contribution in [2.45, 2.75) is 19.7 Å². The lowest BCUT2D eigenvalue weighted by atomic mass is 10.1. The molecule has 1 rings (SSSR count). The van der Waals surface area contributed by atoms with E-state index in [-0.39, 0.29) is 24.2 Å². The van der Waals surface area contributed by atoms with Gasteiger partial charge in [0.15, 0.2) is 0 Å². The summed E-state index contributed by atoms with van der Waals surface area (Å²) in [7, 11) is 0. The second-order valence-corrected chi connectivity index (χ2v) is 3.51. The Bertz CT molecular complexity index is 469. The largest absolute Gasteiger partial charge is 0.573 e. The summed E-state index contributed by atoms with van der Waals surface area (Å²) in [6.07, 6.45) is -4.67. The number of benzene rings is 1. The Morgan fingerprint density at radius 3 is 2.58 bits per heavy atom. The van der Waals surface area contributed by atoms with Crippen LogP contribution in [0.25, 0.3) is 0 Å². The third-order valence-electron chi connectivity index (χ3n) is 2.12. The summed E-state index contributed by atoms with van der Waals surface area (Å²) < 4.78 is 44.5. The number of rotatable bonds is 5. The molecule has 4 nitrogen and oxygen atoms in total. The van der Waals surface area contributed by atoms with Gasteiger partial charge < -0.3 is 9.47 Å². The summed E-state index contributed by atoms with van der Waals surface area (Å²) in [4.78, 5) is 22.0. The van der Waals surface area contributed by atoms with E-state index in [1.807, 2.05) is 0 Å². The SMILES string of the molecule is CCOC(=O)Cc1cc(OC(F)(F)F)ccc1C=O. The van der Waals surface area contributed by atoms with Gasteiger partial charge in [0.05, 0.1) is 13.0 Å². The van der Waals surface area contributed by atoms with Gasteiger partial charge in [0.25, 0.3) is 0 Å². The van der Waals surface area contributed by atoms with Crippen LogP contribution in [-0.4, -0.2) is 25.2 Å². The average Bonchev–Trinajstić information content (AvgIpc) is 2.27. The highest BCUT2D eigenvalue weighted by Gasteiger charge is 2.31. The number of hydrogen-bond donors (Lipinski definition) is 0. The molecule has 0 aliphatic heterocycles. The molecule has 7 heteroatoms. The van der Waals surface area contributed by atoms with Gasteiger partial charge in [-0.1, -0.05) is 0 Å². The average molecular weight is 276 g/mol. The van der Waals surface area contributed by atoms with Gasteiger partial charge in [-0.2, -0.15) is 0 Å². The van der Waals surface area contributed by atoms with Crippen molar-refractivity contribution in [3.63, 3.8) is 0 Å². The van der Waals surface area contributed by atoms with Gasteiger partial charge in [-0.3, -0.25) is 9.59 Å². The van der Waals surface area contributed by atoms with E-state index < -0.39 is 18.1 Å². The molecule has 0 bridgehead atoms. The van der Waals surface area contributed by atoms with Crippen LogP contribution in [0.3, 0.4) is 0 Å². The number of esters is 1. The zero-order chi connectivity index (χ0) is 14.5. The lowest BCUT2D eigenvalue weighted by Gasteiger charge is -2.11. The number of carbonyl (C=O) groups excluding carboxylic acids is 2. The topological polar surface area (TPSA) is 52.6 Å². The van der Waals surface area contributed by atoms with Crippen LogP contribution >= 0.6 is 0 Å². The highest BCUT2D eigenvalue weighted by molar-refractivity contribution is 5.82. The Morgan fingerprint density at radius 2 is 2.05 bits per heavy atom. The molecule has 0 N–H and O–H groups in total. The third kappa shape index (κ3) is 4.99. The van der Waals surface area contributed by atoms with Crippen LogP contribution in [0.2, 0.25) is 0 Å². The van der Waals surface area contributed by atoms with Crippen LogP contribution in [0.15, 0.2) is 18.2 Å². The third-order valence-corrected chi connectivity index (χ3v) is 2.12. The Balaban J connectivity index is 2.96. The van der Waals surface area contributed by atoms with Crippen molar-refractivity contribution in [1.82, 2.24) is 0 Å². The molecule has 0 aliphatic carbocycles. The van der Waals surface area contributed by atoms with E-state index in [9.17, 15) is 22.8 Å². The van der Waals surface area contributed by atoms with Crippen molar-refractivity contribution >= 4 is 12.3 Å². The highest BCUT2D eigenvalue weighted by atomic mass is 19.4. The molecule has 0 radical (unpaired) electrons. The van der Waals surface area contributed by atoms with Crippen LogP contribution in [0, 0.1) is 0 Å². The Kier molecular flexibility index (Phi) is 4.91. The standard InChI is InChI=1S/C12H11F3O4/c1-2-18-11(17)6-9-5-10(19-12(13,14)15)4-3-8(9)7-16/h3-5,7H,2,6H2,1H3. The normalized spacial score (nSPS) is 10.9. The van der Waals surface area contributed by atoms with E-state index in [1.54, 1.807) is 6.92 Å². The molecule has 0 saturated heterocycles. The molecule has 19 heavy (non-hydrogen) atoms. The van der Waals surface area contributed by atoms with Gasteiger partial charge in [0.1, 0.15) is 12.0 Å². The van der Waals surface area contributed by atoms with Crippen LogP contribution < -0.4 is 4.74 Å². The molecule has 1 aromatic rings. The predicted molar refractivity (Wildman–Crippen MR) is 58.8 cm³/mol. The molecule has 0 unspecified atom stereocenters. The van der Waals surface area contributed by atoms with E-state index in [0.29, 0.717) is 6.29 Å². The number of hydrogen-bond acceptors (Lipinski definition) is 4. The maximum atomic E-state index is 12.1. The quantitative estimate of drug-likeness (QED) is 0.612. The van der Waals surface area contributed by atoms with Gasteiger partial charge in [0.2, 0.25) is 0 Å². The lowest BCUT2D eigenvalue weighted by Crippen LogP contribution is -2.17.